The molecule has 0 spiro atoms. The highest BCUT2D eigenvalue weighted by Gasteiger charge is 2.24. The van der Waals surface area contributed by atoms with Crippen molar-refractivity contribution >= 4 is 22.9 Å². The Labute approximate surface area is 99.3 Å². The molecule has 1 aromatic rings. The molecule has 1 saturated heterocycles. The quantitative estimate of drug-likeness (QED) is 0.840. The summed E-state index contributed by atoms with van der Waals surface area (Å²) in [5.74, 6) is 0.389. The van der Waals surface area contributed by atoms with Gasteiger partial charge in [-0.3, -0.25) is 0 Å². The molecule has 0 aromatic carbocycles. The van der Waals surface area contributed by atoms with E-state index in [2.05, 4.69) is 5.32 Å². The first-order chi connectivity index (χ1) is 7.18. The maximum Gasteiger partial charge on any atom is 0.0961 e. The summed E-state index contributed by atoms with van der Waals surface area (Å²) in [7, 11) is 0. The lowest BCUT2D eigenvalue weighted by atomic mass is 9.91. The summed E-state index contributed by atoms with van der Waals surface area (Å²) in [6, 6.07) is 2.01. The van der Waals surface area contributed by atoms with Gasteiger partial charge in [0.25, 0.3) is 0 Å². The molecule has 0 saturated carbocycles. The van der Waals surface area contributed by atoms with Gasteiger partial charge in [0.15, 0.2) is 0 Å². The molecule has 2 nitrogen and oxygen atoms in total. The van der Waals surface area contributed by atoms with Gasteiger partial charge in [-0.1, -0.05) is 11.6 Å². The van der Waals surface area contributed by atoms with Crippen LogP contribution in [0.4, 0.5) is 0 Å². The van der Waals surface area contributed by atoms with Gasteiger partial charge in [-0.2, -0.15) is 0 Å². The van der Waals surface area contributed by atoms with E-state index in [1.165, 1.54) is 11.3 Å². The van der Waals surface area contributed by atoms with Gasteiger partial charge in [0, 0.05) is 4.88 Å². The molecule has 2 heterocycles. The molecule has 2 N–H and O–H groups in total. The topological polar surface area (TPSA) is 32.3 Å². The van der Waals surface area contributed by atoms with E-state index in [1.54, 1.807) is 0 Å². The number of hydrogen-bond acceptors (Lipinski definition) is 3. The van der Waals surface area contributed by atoms with Crippen LogP contribution < -0.4 is 5.32 Å². The van der Waals surface area contributed by atoms with Crippen molar-refractivity contribution < 1.29 is 5.11 Å². The zero-order chi connectivity index (χ0) is 10.8. The van der Waals surface area contributed by atoms with Crippen LogP contribution in [0.1, 0.15) is 29.4 Å². The zero-order valence-electron chi connectivity index (χ0n) is 8.79. The number of piperidine rings is 1. The minimum Gasteiger partial charge on any atom is -0.387 e. The predicted octanol–water partition coefficient (Wildman–Crippen LogP) is 2.74. The van der Waals surface area contributed by atoms with Crippen LogP contribution in [0.15, 0.2) is 6.07 Å². The molecule has 0 amide bonds. The second-order valence-electron chi connectivity index (χ2n) is 4.14. The molecule has 1 aliphatic rings. The molecule has 4 heteroatoms. The molecule has 15 heavy (non-hydrogen) atoms. The van der Waals surface area contributed by atoms with E-state index < -0.39 is 0 Å². The van der Waals surface area contributed by atoms with Gasteiger partial charge in [-0.25, -0.2) is 0 Å². The molecular formula is C11H16ClNOS. The molecular weight excluding hydrogens is 230 g/mol. The second-order valence-corrected chi connectivity index (χ2v) is 5.82. The number of hydrogen-bond donors (Lipinski definition) is 2. The maximum atomic E-state index is 10.2. The fraction of sp³-hybridized carbons (Fsp3) is 0.636. The van der Waals surface area contributed by atoms with E-state index in [1.807, 2.05) is 13.0 Å². The summed E-state index contributed by atoms with van der Waals surface area (Å²) in [5.41, 5.74) is 1.07. The van der Waals surface area contributed by atoms with Crippen LogP contribution >= 0.6 is 22.9 Å². The number of aryl methyl sites for hydroxylation is 1. The molecule has 1 fully saturated rings. The van der Waals surface area contributed by atoms with Crippen molar-refractivity contribution in [2.45, 2.75) is 25.9 Å². The first-order valence-electron chi connectivity index (χ1n) is 5.33. The Bertz CT molecular complexity index is 314. The summed E-state index contributed by atoms with van der Waals surface area (Å²) < 4.78 is 0.804. The van der Waals surface area contributed by atoms with Crippen LogP contribution in [-0.2, 0) is 0 Å². The lowest BCUT2D eigenvalue weighted by Gasteiger charge is -2.26. The summed E-state index contributed by atoms with van der Waals surface area (Å²) in [5, 5.41) is 13.5. The van der Waals surface area contributed by atoms with Gasteiger partial charge in [-0.05, 0) is 50.4 Å². The average Bonchev–Trinajstić information content (AvgIpc) is 2.59. The Morgan fingerprint density at radius 2 is 2.20 bits per heavy atom. The van der Waals surface area contributed by atoms with Crippen LogP contribution in [-0.4, -0.2) is 18.2 Å². The second kappa shape index (κ2) is 4.83. The van der Waals surface area contributed by atoms with Crippen molar-refractivity contribution in [3.8, 4) is 0 Å². The first-order valence-corrected chi connectivity index (χ1v) is 6.52. The molecule has 1 atom stereocenters. The smallest absolute Gasteiger partial charge is 0.0961 e. The lowest BCUT2D eigenvalue weighted by Crippen LogP contribution is -2.30. The minimum absolute atomic E-state index is 0.330. The standard InChI is InChI=1S/C11H16ClNOS/c1-7-6-9(15-11(7)12)10(14)8-2-4-13-5-3-8/h6,8,10,13-14H,2-5H2,1H3. The molecule has 0 bridgehead atoms. The number of thiophene rings is 1. The Kier molecular flexibility index (Phi) is 3.67. The van der Waals surface area contributed by atoms with Crippen LogP contribution in [0, 0.1) is 12.8 Å². The molecule has 2 rings (SSSR count). The van der Waals surface area contributed by atoms with Gasteiger partial charge < -0.3 is 10.4 Å². The Morgan fingerprint density at radius 3 is 2.73 bits per heavy atom. The predicted molar refractivity (Wildman–Crippen MR) is 64.6 cm³/mol. The molecule has 1 unspecified atom stereocenters. The van der Waals surface area contributed by atoms with Gasteiger partial charge in [0.05, 0.1) is 10.4 Å². The number of rotatable bonds is 2. The maximum absolute atomic E-state index is 10.2. The van der Waals surface area contributed by atoms with Crippen molar-refractivity contribution in [3.05, 3.63) is 20.8 Å². The number of aliphatic hydroxyl groups excluding tert-OH is 1. The monoisotopic (exact) mass is 245 g/mol. The molecule has 84 valence electrons. The number of aliphatic hydroxyl groups is 1. The van der Waals surface area contributed by atoms with E-state index in [0.29, 0.717) is 5.92 Å². The molecule has 1 aliphatic heterocycles. The molecule has 0 aliphatic carbocycles. The fourth-order valence-electron chi connectivity index (χ4n) is 2.02. The average molecular weight is 246 g/mol. The zero-order valence-corrected chi connectivity index (χ0v) is 10.4. The third-order valence-electron chi connectivity index (χ3n) is 3.00. The van der Waals surface area contributed by atoms with Gasteiger partial charge in [-0.15, -0.1) is 11.3 Å². The van der Waals surface area contributed by atoms with Gasteiger partial charge >= 0.3 is 0 Å². The highest BCUT2D eigenvalue weighted by atomic mass is 35.5. The molecule has 1 aromatic heterocycles. The van der Waals surface area contributed by atoms with E-state index in [4.69, 9.17) is 11.6 Å². The Balaban J connectivity index is 2.08. The number of halogens is 1. The van der Waals surface area contributed by atoms with Crippen molar-refractivity contribution in [1.82, 2.24) is 5.32 Å². The van der Waals surface area contributed by atoms with Crippen LogP contribution in [0.2, 0.25) is 4.34 Å². The highest BCUT2D eigenvalue weighted by molar-refractivity contribution is 7.16. The van der Waals surface area contributed by atoms with Crippen LogP contribution in [0.5, 0.6) is 0 Å². The normalized spacial score (nSPS) is 20.5. The van der Waals surface area contributed by atoms with Gasteiger partial charge in [0.2, 0.25) is 0 Å². The SMILES string of the molecule is Cc1cc(C(O)C2CCNCC2)sc1Cl. The van der Waals surface area contributed by atoms with Crippen LogP contribution in [0.3, 0.4) is 0 Å². The molecule has 0 radical (unpaired) electrons. The minimum atomic E-state index is -0.330. The highest BCUT2D eigenvalue weighted by Crippen LogP contribution is 2.36. The van der Waals surface area contributed by atoms with Crippen molar-refractivity contribution in [1.29, 1.82) is 0 Å². The summed E-state index contributed by atoms with van der Waals surface area (Å²) in [4.78, 5) is 1.02. The van der Waals surface area contributed by atoms with Crippen molar-refractivity contribution in [3.63, 3.8) is 0 Å². The van der Waals surface area contributed by atoms with E-state index >= 15 is 0 Å². The summed E-state index contributed by atoms with van der Waals surface area (Å²) in [6.45, 7) is 4.01. The largest absolute Gasteiger partial charge is 0.387 e. The summed E-state index contributed by atoms with van der Waals surface area (Å²) >= 11 is 7.52. The number of nitrogens with one attached hydrogen (secondary N) is 1. The summed E-state index contributed by atoms with van der Waals surface area (Å²) in [6.07, 6.45) is 1.77. The Morgan fingerprint density at radius 1 is 1.53 bits per heavy atom. The van der Waals surface area contributed by atoms with Gasteiger partial charge in [0.1, 0.15) is 0 Å². The lowest BCUT2D eigenvalue weighted by molar-refractivity contribution is 0.0920. The third kappa shape index (κ3) is 2.53. The first kappa shape index (κ1) is 11.4. The van der Waals surface area contributed by atoms with E-state index in [9.17, 15) is 5.11 Å². The van der Waals surface area contributed by atoms with Crippen molar-refractivity contribution in [2.24, 2.45) is 5.92 Å². The fourth-order valence-corrected chi connectivity index (χ4v) is 3.32. The van der Waals surface area contributed by atoms with Crippen molar-refractivity contribution in [2.75, 3.05) is 13.1 Å². The van der Waals surface area contributed by atoms with E-state index in [0.717, 1.165) is 40.7 Å². The third-order valence-corrected chi connectivity index (χ3v) is 4.62. The Hall–Kier alpha value is -0.0900. The van der Waals surface area contributed by atoms with E-state index in [-0.39, 0.29) is 6.10 Å². The van der Waals surface area contributed by atoms with Crippen LogP contribution in [0.25, 0.3) is 0 Å².